The largest absolute Gasteiger partial charge is 0.482 e. The van der Waals surface area contributed by atoms with Crippen molar-refractivity contribution in [1.29, 1.82) is 0 Å². The van der Waals surface area contributed by atoms with Crippen molar-refractivity contribution in [2.24, 2.45) is 0 Å². The summed E-state index contributed by atoms with van der Waals surface area (Å²) >= 11 is 0. The minimum absolute atomic E-state index is 0.185. The van der Waals surface area contributed by atoms with Gasteiger partial charge in [-0.3, -0.25) is 0 Å². The van der Waals surface area contributed by atoms with Crippen LogP contribution in [-0.2, 0) is 11.2 Å². The molecule has 0 bridgehead atoms. The van der Waals surface area contributed by atoms with Gasteiger partial charge in [-0.05, 0) is 42.4 Å². The fourth-order valence-electron chi connectivity index (χ4n) is 2.44. The minimum atomic E-state index is -0.965. The Kier molecular flexibility index (Phi) is 3.64. The van der Waals surface area contributed by atoms with Crippen molar-refractivity contribution in [3.63, 3.8) is 0 Å². The zero-order valence-electron chi connectivity index (χ0n) is 9.56. The Morgan fingerprint density at radius 3 is 3.00 bits per heavy atom. The molecule has 1 aliphatic carbocycles. The molecule has 0 aliphatic heterocycles. The summed E-state index contributed by atoms with van der Waals surface area (Å²) in [5, 5.41) is 17.6. The van der Waals surface area contributed by atoms with E-state index in [0.717, 1.165) is 24.8 Å². The molecular formula is C13H16O4. The van der Waals surface area contributed by atoms with E-state index in [1.54, 1.807) is 0 Å². The highest BCUT2D eigenvalue weighted by Crippen LogP contribution is 2.39. The van der Waals surface area contributed by atoms with E-state index in [-0.39, 0.29) is 13.2 Å². The number of carbonyl (C=O) groups is 1. The van der Waals surface area contributed by atoms with E-state index in [2.05, 4.69) is 0 Å². The maximum Gasteiger partial charge on any atom is 0.341 e. The number of carboxylic acids is 1. The molecular weight excluding hydrogens is 220 g/mol. The highest BCUT2D eigenvalue weighted by Gasteiger charge is 2.24. The van der Waals surface area contributed by atoms with Crippen LogP contribution in [0.3, 0.4) is 0 Å². The zero-order valence-corrected chi connectivity index (χ0v) is 9.56. The normalized spacial score (nSPS) is 17.8. The molecule has 0 heterocycles. The van der Waals surface area contributed by atoms with Gasteiger partial charge in [-0.25, -0.2) is 4.79 Å². The Bertz CT molecular complexity index is 414. The van der Waals surface area contributed by atoms with E-state index >= 15 is 0 Å². The molecule has 92 valence electrons. The molecule has 4 nitrogen and oxygen atoms in total. The van der Waals surface area contributed by atoms with Crippen LogP contribution in [0.4, 0.5) is 0 Å². The Morgan fingerprint density at radius 2 is 2.29 bits per heavy atom. The third-order valence-corrected chi connectivity index (χ3v) is 3.18. The maximum absolute atomic E-state index is 10.5. The fraction of sp³-hybridized carbons (Fsp3) is 0.462. The molecule has 0 amide bonds. The van der Waals surface area contributed by atoms with Crippen molar-refractivity contribution in [1.82, 2.24) is 0 Å². The first-order chi connectivity index (χ1) is 8.22. The van der Waals surface area contributed by atoms with Gasteiger partial charge in [-0.2, -0.15) is 0 Å². The van der Waals surface area contributed by atoms with Gasteiger partial charge in [-0.1, -0.05) is 12.1 Å². The predicted octanol–water partition coefficient (Wildman–Crippen LogP) is 1.56. The number of aliphatic hydroxyl groups excluding tert-OH is 1. The van der Waals surface area contributed by atoms with Gasteiger partial charge in [0.05, 0.1) is 0 Å². The van der Waals surface area contributed by atoms with Crippen LogP contribution < -0.4 is 4.74 Å². The van der Waals surface area contributed by atoms with Crippen LogP contribution in [0.15, 0.2) is 18.2 Å². The Hall–Kier alpha value is -1.55. The third-order valence-electron chi connectivity index (χ3n) is 3.18. The second-order valence-electron chi connectivity index (χ2n) is 4.25. The maximum atomic E-state index is 10.5. The highest BCUT2D eigenvalue weighted by atomic mass is 16.5. The smallest absolute Gasteiger partial charge is 0.341 e. The summed E-state index contributed by atoms with van der Waals surface area (Å²) in [5.41, 5.74) is 2.30. The molecule has 2 rings (SSSR count). The molecule has 2 N–H and O–H groups in total. The second kappa shape index (κ2) is 5.19. The first-order valence-electron chi connectivity index (χ1n) is 5.79. The topological polar surface area (TPSA) is 66.8 Å². The minimum Gasteiger partial charge on any atom is -0.482 e. The molecule has 0 fully saturated rings. The van der Waals surface area contributed by atoms with Crippen LogP contribution >= 0.6 is 0 Å². The number of hydrogen-bond acceptors (Lipinski definition) is 3. The van der Waals surface area contributed by atoms with Crippen molar-refractivity contribution in [3.8, 4) is 5.75 Å². The van der Waals surface area contributed by atoms with E-state index in [1.165, 1.54) is 5.56 Å². The molecule has 0 saturated heterocycles. The van der Waals surface area contributed by atoms with Crippen LogP contribution in [0.25, 0.3) is 0 Å². The number of fused-ring (bicyclic) bond motifs is 1. The summed E-state index contributed by atoms with van der Waals surface area (Å²) in [6, 6.07) is 5.73. The standard InChI is InChI=1S/C13H16O4/c14-7-6-9-4-5-11-10(9)2-1-3-12(11)17-8-13(15)16/h1-3,9,14H,4-8H2,(H,15,16). The first kappa shape index (κ1) is 11.9. The molecule has 1 aromatic carbocycles. The van der Waals surface area contributed by atoms with Gasteiger partial charge < -0.3 is 14.9 Å². The van der Waals surface area contributed by atoms with Crippen LogP contribution in [0.2, 0.25) is 0 Å². The number of aliphatic carboxylic acids is 1. The number of rotatable bonds is 5. The lowest BCUT2D eigenvalue weighted by atomic mass is 9.98. The van der Waals surface area contributed by atoms with Crippen molar-refractivity contribution < 1.29 is 19.7 Å². The summed E-state index contributed by atoms with van der Waals surface area (Å²) in [6.07, 6.45) is 2.66. The van der Waals surface area contributed by atoms with E-state index in [1.807, 2.05) is 18.2 Å². The lowest BCUT2D eigenvalue weighted by Crippen LogP contribution is -2.10. The van der Waals surface area contributed by atoms with Gasteiger partial charge in [0.2, 0.25) is 0 Å². The quantitative estimate of drug-likeness (QED) is 0.814. The molecule has 0 aromatic heterocycles. The first-order valence-corrected chi connectivity index (χ1v) is 5.79. The Morgan fingerprint density at radius 1 is 1.47 bits per heavy atom. The molecule has 0 radical (unpaired) electrons. The van der Waals surface area contributed by atoms with Gasteiger partial charge >= 0.3 is 5.97 Å². The number of carboxylic acid groups (broad SMARTS) is 1. The summed E-state index contributed by atoms with van der Waals surface area (Å²) < 4.78 is 5.27. The average molecular weight is 236 g/mol. The van der Waals surface area contributed by atoms with E-state index in [0.29, 0.717) is 11.7 Å². The zero-order chi connectivity index (χ0) is 12.3. The summed E-state index contributed by atoms with van der Waals surface area (Å²) in [4.78, 5) is 10.5. The fourth-order valence-corrected chi connectivity index (χ4v) is 2.44. The third kappa shape index (κ3) is 2.58. The van der Waals surface area contributed by atoms with Crippen LogP contribution in [0.5, 0.6) is 5.75 Å². The number of aliphatic hydroxyl groups is 1. The number of hydrogen-bond donors (Lipinski definition) is 2. The molecule has 17 heavy (non-hydrogen) atoms. The van der Waals surface area contributed by atoms with Crippen LogP contribution in [0, 0.1) is 0 Å². The molecule has 1 aromatic rings. The van der Waals surface area contributed by atoms with Gasteiger partial charge in [0, 0.05) is 6.61 Å². The van der Waals surface area contributed by atoms with Crippen LogP contribution in [0.1, 0.15) is 29.9 Å². The van der Waals surface area contributed by atoms with Crippen molar-refractivity contribution in [3.05, 3.63) is 29.3 Å². The molecule has 0 saturated carbocycles. The van der Waals surface area contributed by atoms with E-state index in [9.17, 15) is 4.79 Å². The number of benzene rings is 1. The molecule has 4 heteroatoms. The summed E-state index contributed by atoms with van der Waals surface area (Å²) in [7, 11) is 0. The van der Waals surface area contributed by atoms with Crippen LogP contribution in [-0.4, -0.2) is 29.4 Å². The van der Waals surface area contributed by atoms with E-state index in [4.69, 9.17) is 14.9 Å². The lowest BCUT2D eigenvalue weighted by Gasteiger charge is -2.11. The van der Waals surface area contributed by atoms with Gasteiger partial charge in [0.1, 0.15) is 5.75 Å². The molecule has 1 aliphatic rings. The van der Waals surface area contributed by atoms with Gasteiger partial charge in [0.25, 0.3) is 0 Å². The molecule has 0 spiro atoms. The summed E-state index contributed by atoms with van der Waals surface area (Å²) in [5.74, 6) is 0.0845. The monoisotopic (exact) mass is 236 g/mol. The SMILES string of the molecule is O=C(O)COc1cccc2c1CCC2CCO. The summed E-state index contributed by atoms with van der Waals surface area (Å²) in [6.45, 7) is -0.120. The van der Waals surface area contributed by atoms with Crippen molar-refractivity contribution in [2.45, 2.75) is 25.2 Å². The Balaban J connectivity index is 2.17. The Labute approximate surface area is 99.8 Å². The van der Waals surface area contributed by atoms with Gasteiger partial charge in [-0.15, -0.1) is 0 Å². The number of ether oxygens (including phenoxy) is 1. The van der Waals surface area contributed by atoms with Crippen molar-refractivity contribution >= 4 is 5.97 Å². The molecule has 1 atom stereocenters. The van der Waals surface area contributed by atoms with Gasteiger partial charge in [0.15, 0.2) is 6.61 Å². The van der Waals surface area contributed by atoms with E-state index < -0.39 is 5.97 Å². The lowest BCUT2D eigenvalue weighted by molar-refractivity contribution is -0.139. The molecule has 1 unspecified atom stereocenters. The average Bonchev–Trinajstić information content (AvgIpc) is 2.71. The predicted molar refractivity (Wildman–Crippen MR) is 62.3 cm³/mol. The van der Waals surface area contributed by atoms with Crippen molar-refractivity contribution in [2.75, 3.05) is 13.2 Å². The highest BCUT2D eigenvalue weighted by molar-refractivity contribution is 5.68. The second-order valence-corrected chi connectivity index (χ2v) is 4.25.